The zero-order chi connectivity index (χ0) is 21.7. The molecular weight excluding hydrogens is 376 g/mol. The predicted octanol–water partition coefficient (Wildman–Crippen LogP) is 4.73. The fourth-order valence-corrected chi connectivity index (χ4v) is 8.51. The summed E-state index contributed by atoms with van der Waals surface area (Å²) >= 11 is 0. The van der Waals surface area contributed by atoms with Crippen LogP contribution in [-0.2, 0) is 9.53 Å². The van der Waals surface area contributed by atoms with E-state index in [0.717, 1.165) is 44.9 Å². The monoisotopic (exact) mass is 418 g/mol. The smallest absolute Gasteiger partial charge is 0.305 e. The fraction of sp³-hybridized carbons (Fsp3) is 0.885. The Hall–Kier alpha value is -0.870. The number of carbonyl (C=O) groups excluding carboxylic acids is 1. The SMILES string of the molecule is CCOC(=O)CC[C@@H](C)C1CC[C@H]2[C@@H]3[C@H](O)C[C@@H]4CC=CC[C@]4(C)[C@H]3C[C@H](O)[C@]12C. The van der Waals surface area contributed by atoms with Crippen molar-refractivity contribution in [3.05, 3.63) is 12.2 Å². The number of aliphatic hydroxyl groups excluding tert-OH is 2. The van der Waals surface area contributed by atoms with Crippen molar-refractivity contribution in [1.82, 2.24) is 0 Å². The molecule has 4 aliphatic carbocycles. The summed E-state index contributed by atoms with van der Waals surface area (Å²) in [5, 5.41) is 22.9. The van der Waals surface area contributed by atoms with Gasteiger partial charge >= 0.3 is 5.97 Å². The van der Waals surface area contributed by atoms with E-state index in [2.05, 4.69) is 32.9 Å². The number of hydrogen-bond donors (Lipinski definition) is 2. The van der Waals surface area contributed by atoms with Crippen LogP contribution in [0.5, 0.6) is 0 Å². The second kappa shape index (κ2) is 8.24. The van der Waals surface area contributed by atoms with E-state index in [1.165, 1.54) is 0 Å². The second-order valence-corrected chi connectivity index (χ2v) is 11.3. The number of hydrogen-bond acceptors (Lipinski definition) is 4. The first-order valence-corrected chi connectivity index (χ1v) is 12.4. The van der Waals surface area contributed by atoms with Gasteiger partial charge in [-0.2, -0.15) is 0 Å². The van der Waals surface area contributed by atoms with Crippen molar-refractivity contribution >= 4 is 5.97 Å². The lowest BCUT2D eigenvalue weighted by atomic mass is 9.43. The van der Waals surface area contributed by atoms with Gasteiger partial charge in [0, 0.05) is 6.42 Å². The van der Waals surface area contributed by atoms with Crippen molar-refractivity contribution in [1.29, 1.82) is 0 Å². The van der Waals surface area contributed by atoms with Crippen LogP contribution in [0.1, 0.15) is 79.1 Å². The maximum Gasteiger partial charge on any atom is 0.305 e. The van der Waals surface area contributed by atoms with Gasteiger partial charge in [0.2, 0.25) is 0 Å². The lowest BCUT2D eigenvalue weighted by Gasteiger charge is -2.62. The van der Waals surface area contributed by atoms with E-state index < -0.39 is 0 Å². The molecule has 30 heavy (non-hydrogen) atoms. The van der Waals surface area contributed by atoms with E-state index in [1.807, 2.05) is 6.92 Å². The van der Waals surface area contributed by atoms with E-state index in [-0.39, 0.29) is 29.0 Å². The van der Waals surface area contributed by atoms with E-state index in [4.69, 9.17) is 4.74 Å². The van der Waals surface area contributed by atoms with Gasteiger partial charge in [0.05, 0.1) is 18.8 Å². The topological polar surface area (TPSA) is 66.8 Å². The number of carbonyl (C=O) groups is 1. The molecule has 0 spiro atoms. The third kappa shape index (κ3) is 3.37. The summed E-state index contributed by atoms with van der Waals surface area (Å²) in [5.74, 6) is 2.27. The summed E-state index contributed by atoms with van der Waals surface area (Å²) in [6.45, 7) is 9.25. The van der Waals surface area contributed by atoms with Crippen molar-refractivity contribution in [3.63, 3.8) is 0 Å². The zero-order valence-corrected chi connectivity index (χ0v) is 19.3. The normalized spacial score (nSPS) is 48.4. The highest BCUT2D eigenvalue weighted by molar-refractivity contribution is 5.69. The number of esters is 1. The number of ether oxygens (including phenoxy) is 1. The minimum atomic E-state index is -0.324. The maximum absolute atomic E-state index is 11.9. The Kier molecular flexibility index (Phi) is 6.13. The second-order valence-electron chi connectivity index (χ2n) is 11.3. The maximum atomic E-state index is 11.9. The van der Waals surface area contributed by atoms with Crippen LogP contribution >= 0.6 is 0 Å². The Morgan fingerprint density at radius 1 is 1.17 bits per heavy atom. The first-order chi connectivity index (χ1) is 14.2. The van der Waals surface area contributed by atoms with Crippen LogP contribution in [0.2, 0.25) is 0 Å². The van der Waals surface area contributed by atoms with Crippen molar-refractivity contribution in [2.75, 3.05) is 6.61 Å². The number of allylic oxidation sites excluding steroid dienone is 2. The van der Waals surface area contributed by atoms with Crippen LogP contribution in [0, 0.1) is 46.3 Å². The summed E-state index contributed by atoms with van der Waals surface area (Å²) in [6, 6.07) is 0. The van der Waals surface area contributed by atoms with Gasteiger partial charge in [-0.3, -0.25) is 4.79 Å². The Morgan fingerprint density at radius 3 is 2.67 bits per heavy atom. The van der Waals surface area contributed by atoms with Gasteiger partial charge < -0.3 is 14.9 Å². The summed E-state index contributed by atoms with van der Waals surface area (Å²) in [4.78, 5) is 11.9. The molecule has 3 fully saturated rings. The molecule has 4 nitrogen and oxygen atoms in total. The molecule has 4 aliphatic rings. The van der Waals surface area contributed by atoms with Crippen LogP contribution in [0.4, 0.5) is 0 Å². The van der Waals surface area contributed by atoms with E-state index in [9.17, 15) is 15.0 Å². The molecule has 1 unspecified atom stereocenters. The average molecular weight is 419 g/mol. The molecule has 0 saturated heterocycles. The van der Waals surface area contributed by atoms with E-state index >= 15 is 0 Å². The lowest BCUT2D eigenvalue weighted by Crippen LogP contribution is -2.61. The van der Waals surface area contributed by atoms with Crippen molar-refractivity contribution in [3.8, 4) is 0 Å². The van der Waals surface area contributed by atoms with Crippen LogP contribution in [-0.4, -0.2) is 35.0 Å². The van der Waals surface area contributed by atoms with Gasteiger partial charge in [0.25, 0.3) is 0 Å². The van der Waals surface area contributed by atoms with Crippen LogP contribution in [0.3, 0.4) is 0 Å². The van der Waals surface area contributed by atoms with Gasteiger partial charge in [0.1, 0.15) is 0 Å². The summed E-state index contributed by atoms with van der Waals surface area (Å²) in [7, 11) is 0. The molecule has 4 heteroatoms. The summed E-state index contributed by atoms with van der Waals surface area (Å²) < 4.78 is 5.13. The van der Waals surface area contributed by atoms with Crippen molar-refractivity contribution < 1.29 is 19.7 Å². The third-order valence-corrected chi connectivity index (χ3v) is 10.2. The highest BCUT2D eigenvalue weighted by Crippen LogP contribution is 2.67. The Morgan fingerprint density at radius 2 is 1.93 bits per heavy atom. The van der Waals surface area contributed by atoms with Crippen LogP contribution in [0.25, 0.3) is 0 Å². The molecule has 0 amide bonds. The molecule has 170 valence electrons. The zero-order valence-electron chi connectivity index (χ0n) is 19.3. The molecule has 0 heterocycles. The first kappa shape index (κ1) is 22.3. The molecule has 0 aromatic rings. The molecule has 0 aliphatic heterocycles. The minimum Gasteiger partial charge on any atom is -0.466 e. The number of rotatable bonds is 5. The van der Waals surface area contributed by atoms with E-state index in [0.29, 0.717) is 48.5 Å². The van der Waals surface area contributed by atoms with Crippen molar-refractivity contribution in [2.24, 2.45) is 46.3 Å². The highest BCUT2D eigenvalue weighted by Gasteiger charge is 2.65. The molecule has 0 bridgehead atoms. The third-order valence-electron chi connectivity index (χ3n) is 10.2. The molecule has 0 aromatic heterocycles. The Bertz CT molecular complexity index is 674. The quantitative estimate of drug-likeness (QED) is 0.500. The number of fused-ring (bicyclic) bond motifs is 5. The summed E-state index contributed by atoms with van der Waals surface area (Å²) in [6.07, 6.45) is 11.4. The molecular formula is C26H42O4. The first-order valence-electron chi connectivity index (χ1n) is 12.4. The molecule has 3 saturated carbocycles. The molecule has 0 radical (unpaired) electrons. The largest absolute Gasteiger partial charge is 0.466 e. The van der Waals surface area contributed by atoms with Gasteiger partial charge in [-0.15, -0.1) is 0 Å². The number of aliphatic hydroxyl groups is 2. The van der Waals surface area contributed by atoms with Gasteiger partial charge in [-0.1, -0.05) is 32.9 Å². The minimum absolute atomic E-state index is 0.111. The highest BCUT2D eigenvalue weighted by atomic mass is 16.5. The predicted molar refractivity (Wildman–Crippen MR) is 118 cm³/mol. The average Bonchev–Trinajstić information content (AvgIpc) is 3.06. The standard InChI is InChI=1S/C26H42O4/c1-5-30-23(29)12-9-16(2)18-10-11-19-24-20(15-22(28)26(18,19)4)25(3)13-7-6-8-17(25)14-21(24)27/h6-7,16-22,24,27-28H,5,8-15H2,1-4H3/t16-,17+,18?,19+,20+,21-,22+,24+,25+,26-/m1/s1. The molecule has 0 aromatic carbocycles. The van der Waals surface area contributed by atoms with Gasteiger partial charge in [-0.05, 0) is 98.2 Å². The lowest BCUT2D eigenvalue weighted by molar-refractivity contribution is -0.194. The van der Waals surface area contributed by atoms with Crippen LogP contribution in [0.15, 0.2) is 12.2 Å². The molecule has 10 atom stereocenters. The fourth-order valence-electron chi connectivity index (χ4n) is 8.51. The summed E-state index contributed by atoms with van der Waals surface area (Å²) in [5.41, 5.74) is 0.0402. The van der Waals surface area contributed by atoms with Gasteiger partial charge in [0.15, 0.2) is 0 Å². The Balaban J connectivity index is 1.55. The molecule has 2 N–H and O–H groups in total. The Labute approximate surface area is 182 Å². The van der Waals surface area contributed by atoms with Gasteiger partial charge in [-0.25, -0.2) is 0 Å². The van der Waals surface area contributed by atoms with Crippen LogP contribution < -0.4 is 0 Å². The molecule has 4 rings (SSSR count). The van der Waals surface area contributed by atoms with Crippen molar-refractivity contribution in [2.45, 2.75) is 91.3 Å². The van der Waals surface area contributed by atoms with E-state index in [1.54, 1.807) is 0 Å².